The molecule has 0 radical (unpaired) electrons. The Morgan fingerprint density at radius 1 is 1.00 bits per heavy atom. The van der Waals surface area contributed by atoms with Gasteiger partial charge in [-0.05, 0) is 31.0 Å². The van der Waals surface area contributed by atoms with Crippen LogP contribution in [0.4, 0.5) is 30.8 Å². The van der Waals surface area contributed by atoms with E-state index in [1.165, 1.54) is 12.3 Å². The summed E-state index contributed by atoms with van der Waals surface area (Å²) in [6.45, 7) is 3.87. The zero-order valence-corrected chi connectivity index (χ0v) is 16.8. The normalized spacial score (nSPS) is 18.5. The zero-order chi connectivity index (χ0) is 21.1. The highest BCUT2D eigenvalue weighted by atomic mass is 19.4. The van der Waals surface area contributed by atoms with Crippen molar-refractivity contribution in [3.63, 3.8) is 0 Å². The van der Waals surface area contributed by atoms with Crippen LogP contribution < -0.4 is 14.7 Å². The van der Waals surface area contributed by atoms with Crippen molar-refractivity contribution in [2.24, 2.45) is 0 Å². The van der Waals surface area contributed by atoms with Crippen molar-refractivity contribution in [3.05, 3.63) is 36.2 Å². The molecule has 4 heterocycles. The van der Waals surface area contributed by atoms with Gasteiger partial charge in [0.2, 0.25) is 5.95 Å². The van der Waals surface area contributed by atoms with Crippen LogP contribution in [0.3, 0.4) is 0 Å². The number of halogens is 3. The van der Waals surface area contributed by atoms with Gasteiger partial charge in [-0.2, -0.15) is 18.2 Å². The highest BCUT2D eigenvalue weighted by Gasteiger charge is 2.36. The topological polar surface area (TPSA) is 57.6 Å². The number of hydrogen-bond donors (Lipinski definition) is 0. The summed E-state index contributed by atoms with van der Waals surface area (Å²) >= 11 is 0. The van der Waals surface area contributed by atoms with Crippen molar-refractivity contribution in [2.75, 3.05) is 61.1 Å². The number of rotatable bonds is 4. The van der Waals surface area contributed by atoms with Crippen molar-refractivity contribution < 1.29 is 17.9 Å². The molecule has 0 spiro atoms. The summed E-state index contributed by atoms with van der Waals surface area (Å²) in [7, 11) is 1.98. The fraction of sp³-hybridized carbons (Fsp3) is 0.550. The fourth-order valence-electron chi connectivity index (χ4n) is 3.97. The summed E-state index contributed by atoms with van der Waals surface area (Å²) < 4.78 is 45.3. The van der Waals surface area contributed by atoms with Gasteiger partial charge in [-0.15, -0.1) is 0 Å². The molecule has 2 aromatic heterocycles. The second-order valence-electron chi connectivity index (χ2n) is 7.52. The predicted octanol–water partition coefficient (Wildman–Crippen LogP) is 2.83. The minimum absolute atomic E-state index is 0.0164. The Balaban J connectivity index is 1.42. The van der Waals surface area contributed by atoms with E-state index in [0.717, 1.165) is 37.8 Å². The Labute approximate surface area is 173 Å². The molecule has 0 aliphatic carbocycles. The van der Waals surface area contributed by atoms with Crippen LogP contribution >= 0.6 is 0 Å². The van der Waals surface area contributed by atoms with Crippen LogP contribution in [0.25, 0.3) is 0 Å². The Kier molecular flexibility index (Phi) is 5.94. The number of pyridine rings is 1. The van der Waals surface area contributed by atoms with Gasteiger partial charge in [0, 0.05) is 51.7 Å². The molecule has 2 aliphatic rings. The minimum atomic E-state index is -4.41. The average molecular weight is 422 g/mol. The Bertz CT molecular complexity index is 850. The van der Waals surface area contributed by atoms with Crippen LogP contribution in [0.1, 0.15) is 18.4 Å². The van der Waals surface area contributed by atoms with Crippen LogP contribution in [0, 0.1) is 0 Å². The molecular formula is C20H25F3N6O. The van der Waals surface area contributed by atoms with Crippen LogP contribution in [0.15, 0.2) is 30.6 Å². The fourth-order valence-corrected chi connectivity index (χ4v) is 3.97. The van der Waals surface area contributed by atoms with E-state index in [-0.39, 0.29) is 11.9 Å². The number of aromatic nitrogens is 3. The lowest BCUT2D eigenvalue weighted by molar-refractivity contribution is -0.137. The number of alkyl halides is 3. The summed E-state index contributed by atoms with van der Waals surface area (Å²) in [5.41, 5.74) is -0.678. The van der Waals surface area contributed by atoms with E-state index < -0.39 is 11.7 Å². The summed E-state index contributed by atoms with van der Waals surface area (Å²) in [5, 5.41) is 0. The van der Waals surface area contributed by atoms with Crippen LogP contribution in [0.2, 0.25) is 0 Å². The molecule has 0 N–H and O–H groups in total. The van der Waals surface area contributed by atoms with Gasteiger partial charge >= 0.3 is 6.18 Å². The molecule has 2 saturated heterocycles. The third kappa shape index (κ3) is 4.43. The van der Waals surface area contributed by atoms with E-state index in [0.29, 0.717) is 32.3 Å². The smallest absolute Gasteiger partial charge is 0.378 e. The van der Waals surface area contributed by atoms with Crippen molar-refractivity contribution >= 4 is 17.6 Å². The summed E-state index contributed by atoms with van der Waals surface area (Å²) in [4.78, 5) is 19.0. The summed E-state index contributed by atoms with van der Waals surface area (Å²) in [5.74, 6) is 1.52. The monoisotopic (exact) mass is 422 g/mol. The molecule has 0 bridgehead atoms. The maximum Gasteiger partial charge on any atom is 0.419 e. The first-order valence-electron chi connectivity index (χ1n) is 10.1. The first-order chi connectivity index (χ1) is 14.4. The highest BCUT2D eigenvalue weighted by Crippen LogP contribution is 2.36. The molecule has 2 fully saturated rings. The number of hydrogen-bond acceptors (Lipinski definition) is 7. The second kappa shape index (κ2) is 8.63. The minimum Gasteiger partial charge on any atom is -0.378 e. The molecule has 0 amide bonds. The van der Waals surface area contributed by atoms with E-state index in [9.17, 15) is 13.2 Å². The summed E-state index contributed by atoms with van der Waals surface area (Å²) in [6, 6.07) is 4.48. The lowest BCUT2D eigenvalue weighted by Gasteiger charge is -2.38. The molecule has 30 heavy (non-hydrogen) atoms. The molecule has 0 aromatic carbocycles. The van der Waals surface area contributed by atoms with Crippen LogP contribution in [-0.4, -0.2) is 67.4 Å². The Morgan fingerprint density at radius 3 is 2.43 bits per heavy atom. The molecule has 162 valence electrons. The average Bonchev–Trinajstić information content (AvgIpc) is 2.79. The number of ether oxygens (including phenoxy) is 1. The van der Waals surface area contributed by atoms with Gasteiger partial charge in [-0.1, -0.05) is 0 Å². The molecule has 0 unspecified atom stereocenters. The van der Waals surface area contributed by atoms with Crippen molar-refractivity contribution in [1.82, 2.24) is 15.0 Å². The van der Waals surface area contributed by atoms with Gasteiger partial charge in [0.05, 0.1) is 18.8 Å². The highest BCUT2D eigenvalue weighted by molar-refractivity contribution is 5.50. The van der Waals surface area contributed by atoms with E-state index >= 15 is 0 Å². The molecule has 7 nitrogen and oxygen atoms in total. The zero-order valence-electron chi connectivity index (χ0n) is 16.8. The van der Waals surface area contributed by atoms with Crippen LogP contribution in [-0.2, 0) is 10.9 Å². The van der Waals surface area contributed by atoms with Gasteiger partial charge in [0.25, 0.3) is 0 Å². The third-order valence-corrected chi connectivity index (χ3v) is 5.69. The molecule has 0 atom stereocenters. The molecule has 0 saturated carbocycles. The largest absolute Gasteiger partial charge is 0.419 e. The molecule has 4 rings (SSSR count). The maximum atomic E-state index is 13.3. The molecule has 2 aliphatic heterocycles. The van der Waals surface area contributed by atoms with E-state index in [2.05, 4.69) is 19.8 Å². The van der Waals surface area contributed by atoms with Crippen molar-refractivity contribution in [1.29, 1.82) is 0 Å². The van der Waals surface area contributed by atoms with Crippen molar-refractivity contribution in [3.8, 4) is 0 Å². The van der Waals surface area contributed by atoms with E-state index in [1.807, 2.05) is 13.1 Å². The number of piperidine rings is 1. The summed E-state index contributed by atoms with van der Waals surface area (Å²) in [6.07, 6.45) is 0.204. The van der Waals surface area contributed by atoms with Gasteiger partial charge in [0.15, 0.2) is 0 Å². The predicted molar refractivity (Wildman–Crippen MR) is 108 cm³/mol. The lowest BCUT2D eigenvalue weighted by Crippen LogP contribution is -2.44. The van der Waals surface area contributed by atoms with Gasteiger partial charge in [-0.25, -0.2) is 9.97 Å². The lowest BCUT2D eigenvalue weighted by atomic mass is 10.0. The standard InChI is InChI=1S/C20H25F3N6O/c1-27(17-4-8-25-19(26-17)29-11-13-30-14-12-29)15-5-9-28(10-6-15)18-16(20(21,22)23)3-2-7-24-18/h2-4,7-8,15H,5-6,9-14H2,1H3. The maximum absolute atomic E-state index is 13.3. The number of morpholine rings is 1. The molecular weight excluding hydrogens is 397 g/mol. The van der Waals surface area contributed by atoms with Gasteiger partial charge in [-0.3, -0.25) is 0 Å². The quantitative estimate of drug-likeness (QED) is 0.751. The van der Waals surface area contributed by atoms with Crippen LogP contribution in [0.5, 0.6) is 0 Å². The number of anilines is 3. The van der Waals surface area contributed by atoms with Gasteiger partial charge in [0.1, 0.15) is 11.6 Å². The molecule has 10 heteroatoms. The second-order valence-corrected chi connectivity index (χ2v) is 7.52. The first kappa shape index (κ1) is 20.6. The van der Waals surface area contributed by atoms with E-state index in [4.69, 9.17) is 9.72 Å². The Hall–Kier alpha value is -2.62. The number of nitrogens with zero attached hydrogens (tertiary/aromatic N) is 6. The van der Waals surface area contributed by atoms with Gasteiger partial charge < -0.3 is 19.4 Å². The van der Waals surface area contributed by atoms with Crippen molar-refractivity contribution in [2.45, 2.75) is 25.1 Å². The SMILES string of the molecule is CN(c1ccnc(N2CCOCC2)n1)C1CCN(c2ncccc2C(F)(F)F)CC1. The first-order valence-corrected chi connectivity index (χ1v) is 10.1. The third-order valence-electron chi connectivity index (χ3n) is 5.69. The van der Waals surface area contributed by atoms with E-state index in [1.54, 1.807) is 11.1 Å². The Morgan fingerprint density at radius 2 is 1.73 bits per heavy atom. The molecule has 2 aromatic rings.